The van der Waals surface area contributed by atoms with E-state index >= 15 is 0 Å². The van der Waals surface area contributed by atoms with Crippen LogP contribution in [0.1, 0.15) is 17.5 Å². The molecule has 0 aromatic heterocycles. The predicted octanol–water partition coefficient (Wildman–Crippen LogP) is -2.77. The quantitative estimate of drug-likeness (QED) is 0.519. The van der Waals surface area contributed by atoms with Gasteiger partial charge in [-0.25, -0.2) is 11.6 Å². The number of halogens is 2. The molecule has 0 aliphatic heterocycles. The summed E-state index contributed by atoms with van der Waals surface area (Å²) in [6, 6.07) is 8.66. The Morgan fingerprint density at radius 2 is 2.00 bits per heavy atom. The minimum Gasteiger partial charge on any atom is -1.00 e. The van der Waals surface area contributed by atoms with Crippen LogP contribution in [0.3, 0.4) is 0 Å². The number of benzene rings is 1. The summed E-state index contributed by atoms with van der Waals surface area (Å²) >= 11 is 0. The van der Waals surface area contributed by atoms with Gasteiger partial charge in [-0.05, 0) is 18.9 Å². The zero-order chi connectivity index (χ0) is 9.10. The molecule has 3 heteroatoms. The maximum absolute atomic E-state index is 3.33. The number of allylic oxidation sites excluding steroid dienone is 4. The van der Waals surface area contributed by atoms with Gasteiger partial charge in [-0.15, -0.1) is 6.42 Å². The predicted molar refractivity (Wildman–Crippen MR) is 55.4 cm³/mol. The van der Waals surface area contributed by atoms with Gasteiger partial charge in [-0.3, -0.25) is 6.08 Å². The van der Waals surface area contributed by atoms with Gasteiger partial charge >= 0.3 is 26.2 Å². The molecule has 0 heterocycles. The molecule has 0 spiro atoms. The summed E-state index contributed by atoms with van der Waals surface area (Å²) in [5, 5.41) is 0. The minimum absolute atomic E-state index is 0. The Kier molecular flexibility index (Phi) is 9.56. The van der Waals surface area contributed by atoms with E-state index in [1.807, 2.05) is 0 Å². The standard InChI is InChI=1S/C13H13.2FH.Zr/c1-11-5-4-8-13(9-11)10-12-6-2-3-7-12;;;/h2,4-6,8-9H,3,10H2,1H3;2*1H;/q-1;;;+3/p-2. The summed E-state index contributed by atoms with van der Waals surface area (Å²) in [6.07, 6.45) is 9.67. The molecule has 1 aliphatic carbocycles. The van der Waals surface area contributed by atoms with E-state index < -0.39 is 0 Å². The summed E-state index contributed by atoms with van der Waals surface area (Å²) in [7, 11) is 0. The first-order chi connectivity index (χ1) is 6.34. The Labute approximate surface area is 114 Å². The van der Waals surface area contributed by atoms with E-state index in [1.54, 1.807) is 0 Å². The van der Waals surface area contributed by atoms with Crippen molar-refractivity contribution in [3.05, 3.63) is 59.2 Å². The van der Waals surface area contributed by atoms with Crippen LogP contribution in [0.15, 0.2) is 42.0 Å². The molecule has 0 unspecified atom stereocenters. The fourth-order valence-corrected chi connectivity index (χ4v) is 1.61. The summed E-state index contributed by atoms with van der Waals surface area (Å²) in [4.78, 5) is 0. The molecular formula is C13H13F2Zr. The van der Waals surface area contributed by atoms with E-state index in [0.717, 1.165) is 12.8 Å². The molecule has 0 N–H and O–H groups in total. The van der Waals surface area contributed by atoms with Crippen LogP contribution in [-0.4, -0.2) is 0 Å². The van der Waals surface area contributed by atoms with Gasteiger partial charge in [0.15, 0.2) is 0 Å². The van der Waals surface area contributed by atoms with Crippen LogP contribution < -0.4 is 9.41 Å². The summed E-state index contributed by atoms with van der Waals surface area (Å²) < 4.78 is 0. The van der Waals surface area contributed by atoms with Crippen LogP contribution in [0.25, 0.3) is 0 Å². The molecular weight excluding hydrogens is 285 g/mol. The first kappa shape index (κ1) is 17.8. The molecule has 0 saturated carbocycles. The molecule has 0 saturated heterocycles. The molecule has 1 aliphatic rings. The Morgan fingerprint density at radius 1 is 1.25 bits per heavy atom. The van der Waals surface area contributed by atoms with E-state index in [2.05, 4.69) is 49.4 Å². The average molecular weight is 298 g/mol. The van der Waals surface area contributed by atoms with Crippen LogP contribution in [0.4, 0.5) is 0 Å². The van der Waals surface area contributed by atoms with Gasteiger partial charge in [0.2, 0.25) is 0 Å². The smallest absolute Gasteiger partial charge is 1.00 e. The second-order valence-corrected chi connectivity index (χ2v) is 3.47. The summed E-state index contributed by atoms with van der Waals surface area (Å²) in [5.41, 5.74) is 4.04. The molecule has 83 valence electrons. The molecule has 0 amide bonds. The number of rotatable bonds is 2. The van der Waals surface area contributed by atoms with Crippen molar-refractivity contribution in [2.75, 3.05) is 0 Å². The average Bonchev–Trinajstić information content (AvgIpc) is 2.57. The molecule has 1 radical (unpaired) electrons. The van der Waals surface area contributed by atoms with Crippen molar-refractivity contribution in [1.82, 2.24) is 0 Å². The van der Waals surface area contributed by atoms with Crippen LogP contribution in [0, 0.1) is 13.0 Å². The minimum atomic E-state index is 0. The monoisotopic (exact) mass is 297 g/mol. The maximum atomic E-state index is 3.33. The van der Waals surface area contributed by atoms with Crippen LogP contribution in [0.2, 0.25) is 0 Å². The van der Waals surface area contributed by atoms with E-state index in [0.29, 0.717) is 0 Å². The van der Waals surface area contributed by atoms with Gasteiger partial charge in [0.1, 0.15) is 0 Å². The third-order valence-electron chi connectivity index (χ3n) is 2.24. The number of hydrogen-bond acceptors (Lipinski definition) is 0. The normalized spacial score (nSPS) is 11.9. The van der Waals surface area contributed by atoms with E-state index in [-0.39, 0.29) is 35.6 Å². The largest absolute Gasteiger partial charge is 3.00 e. The third-order valence-corrected chi connectivity index (χ3v) is 2.24. The Bertz CT molecular complexity index is 370. The van der Waals surface area contributed by atoms with Gasteiger partial charge in [0.05, 0.1) is 0 Å². The zero-order valence-corrected chi connectivity index (χ0v) is 11.6. The Balaban J connectivity index is 0. The van der Waals surface area contributed by atoms with Gasteiger partial charge in [0.25, 0.3) is 0 Å². The van der Waals surface area contributed by atoms with Crippen molar-refractivity contribution in [2.24, 2.45) is 0 Å². The second-order valence-electron chi connectivity index (χ2n) is 3.47. The number of hydrogen-bond donors (Lipinski definition) is 0. The van der Waals surface area contributed by atoms with Gasteiger partial charge in [0, 0.05) is 0 Å². The fraction of sp³-hybridized carbons (Fsp3) is 0.231. The van der Waals surface area contributed by atoms with Crippen molar-refractivity contribution >= 4 is 0 Å². The Hall–Kier alpha value is -0.557. The van der Waals surface area contributed by atoms with Crippen molar-refractivity contribution in [3.63, 3.8) is 0 Å². The Morgan fingerprint density at radius 3 is 2.56 bits per heavy atom. The van der Waals surface area contributed by atoms with Crippen molar-refractivity contribution < 1.29 is 35.6 Å². The summed E-state index contributed by atoms with van der Waals surface area (Å²) in [6.45, 7) is 2.13. The van der Waals surface area contributed by atoms with Gasteiger partial charge < -0.3 is 9.41 Å². The molecule has 1 aromatic carbocycles. The van der Waals surface area contributed by atoms with Crippen molar-refractivity contribution in [1.29, 1.82) is 0 Å². The van der Waals surface area contributed by atoms with Crippen LogP contribution >= 0.6 is 0 Å². The van der Waals surface area contributed by atoms with Crippen LogP contribution in [-0.2, 0) is 32.6 Å². The maximum Gasteiger partial charge on any atom is 3.00 e. The van der Waals surface area contributed by atoms with Crippen molar-refractivity contribution in [2.45, 2.75) is 19.8 Å². The fourth-order valence-electron chi connectivity index (χ4n) is 1.61. The topological polar surface area (TPSA) is 0 Å². The SMILES string of the molecule is Cc1cccc(CC2=[C-]CC=C2)c1.[F-].[F-].[Zr+3]. The first-order valence-electron chi connectivity index (χ1n) is 4.66. The van der Waals surface area contributed by atoms with E-state index in [4.69, 9.17) is 0 Å². The molecule has 16 heavy (non-hydrogen) atoms. The van der Waals surface area contributed by atoms with Crippen molar-refractivity contribution in [3.8, 4) is 0 Å². The molecule has 0 atom stereocenters. The van der Waals surface area contributed by atoms with E-state index in [1.165, 1.54) is 16.7 Å². The van der Waals surface area contributed by atoms with Crippen LogP contribution in [0.5, 0.6) is 0 Å². The molecule has 0 bridgehead atoms. The van der Waals surface area contributed by atoms with E-state index in [9.17, 15) is 0 Å². The first-order valence-corrected chi connectivity index (χ1v) is 4.66. The molecule has 0 nitrogen and oxygen atoms in total. The molecule has 0 fully saturated rings. The molecule has 2 rings (SSSR count). The zero-order valence-electron chi connectivity index (χ0n) is 9.13. The number of aryl methyl sites for hydroxylation is 1. The summed E-state index contributed by atoms with van der Waals surface area (Å²) in [5.74, 6) is 0. The van der Waals surface area contributed by atoms with Gasteiger partial charge in [-0.2, -0.15) is 6.08 Å². The third kappa shape index (κ3) is 4.98. The second kappa shape index (κ2) is 8.58. The molecule has 1 aromatic rings. The van der Waals surface area contributed by atoms with Gasteiger partial charge in [-0.1, -0.05) is 29.8 Å².